The quantitative estimate of drug-likeness (QED) is 0.557. The van der Waals surface area contributed by atoms with Crippen LogP contribution in [0.2, 0.25) is 18.8 Å². The molecule has 50 valence electrons. The van der Waals surface area contributed by atoms with Crippen molar-refractivity contribution < 1.29 is 0 Å². The van der Waals surface area contributed by atoms with Gasteiger partial charge in [-0.2, -0.15) is 0 Å². The maximum Gasteiger partial charge on any atom is 0.102 e. The fourth-order valence-corrected chi connectivity index (χ4v) is 5.86. The number of hydrogen-bond acceptors (Lipinski definition) is 1. The zero-order chi connectivity index (χ0) is 6.41. The van der Waals surface area contributed by atoms with Crippen LogP contribution >= 0.6 is 0 Å². The Bertz CT molecular complexity index is 43.7. The van der Waals surface area contributed by atoms with E-state index in [1.807, 2.05) is 0 Å². The molecule has 0 saturated heterocycles. The molecule has 0 aromatic carbocycles. The van der Waals surface area contributed by atoms with Crippen LogP contribution in [0.1, 0.15) is 6.92 Å². The highest BCUT2D eigenvalue weighted by atomic mass is 28.3. The first kappa shape index (κ1) is 8.39. The summed E-state index contributed by atoms with van der Waals surface area (Å²) in [5.74, 6) is 0. The standard InChI is InChI=1S/C5H17NSi2/c1-4-6-8(3)5-7-2/h6,8H,4-5,7H2,1-3H3. The number of rotatable bonds is 4. The molecule has 0 aliphatic carbocycles. The van der Waals surface area contributed by atoms with Gasteiger partial charge in [-0.25, -0.2) is 0 Å². The van der Waals surface area contributed by atoms with E-state index in [4.69, 9.17) is 0 Å². The predicted octanol–water partition coefficient (Wildman–Crippen LogP) is 0.124. The van der Waals surface area contributed by atoms with Gasteiger partial charge in [-0.1, -0.05) is 25.7 Å². The van der Waals surface area contributed by atoms with Gasteiger partial charge in [0.15, 0.2) is 0 Å². The summed E-state index contributed by atoms with van der Waals surface area (Å²) in [5.41, 5.74) is 1.58. The zero-order valence-corrected chi connectivity index (χ0v) is 8.77. The third kappa shape index (κ3) is 4.55. The summed E-state index contributed by atoms with van der Waals surface area (Å²) in [6.45, 7) is 8.17. The van der Waals surface area contributed by atoms with Gasteiger partial charge in [0.05, 0.1) is 0 Å². The molecular formula is C5H17NSi2. The Hall–Kier alpha value is 0.394. The van der Waals surface area contributed by atoms with Crippen LogP contribution in [0.4, 0.5) is 0 Å². The number of hydrogen-bond donors (Lipinski definition) is 1. The van der Waals surface area contributed by atoms with Crippen molar-refractivity contribution in [3.63, 3.8) is 0 Å². The van der Waals surface area contributed by atoms with E-state index in [-0.39, 0.29) is 0 Å². The van der Waals surface area contributed by atoms with E-state index in [0.717, 1.165) is 0 Å². The second-order valence-corrected chi connectivity index (χ2v) is 7.77. The molecule has 0 fully saturated rings. The zero-order valence-electron chi connectivity index (χ0n) is 6.20. The molecule has 0 aliphatic rings. The minimum absolute atomic E-state index is 0.345. The Balaban J connectivity index is 2.92. The maximum atomic E-state index is 3.52. The van der Waals surface area contributed by atoms with Gasteiger partial charge in [-0.05, 0) is 6.54 Å². The molecule has 3 heteroatoms. The summed E-state index contributed by atoms with van der Waals surface area (Å²) in [6.07, 6.45) is 0. The van der Waals surface area contributed by atoms with Crippen molar-refractivity contribution in [1.29, 1.82) is 0 Å². The first-order chi connectivity index (χ1) is 3.81. The van der Waals surface area contributed by atoms with E-state index in [1.54, 1.807) is 5.67 Å². The molecule has 0 heterocycles. The van der Waals surface area contributed by atoms with Crippen molar-refractivity contribution in [1.82, 2.24) is 4.98 Å². The minimum Gasteiger partial charge on any atom is -0.340 e. The van der Waals surface area contributed by atoms with Crippen LogP contribution in [-0.4, -0.2) is 25.0 Å². The molecule has 0 rings (SSSR count). The Morgan fingerprint density at radius 3 is 2.62 bits per heavy atom. The van der Waals surface area contributed by atoms with Gasteiger partial charge in [-0.15, -0.1) is 0 Å². The fraction of sp³-hybridized carbons (Fsp3) is 1.00. The van der Waals surface area contributed by atoms with E-state index in [0.29, 0.717) is 9.52 Å². The van der Waals surface area contributed by atoms with Gasteiger partial charge in [0, 0.05) is 9.52 Å². The Labute approximate surface area is 56.4 Å². The predicted molar refractivity (Wildman–Crippen MR) is 45.9 cm³/mol. The van der Waals surface area contributed by atoms with Crippen LogP contribution in [-0.2, 0) is 0 Å². The van der Waals surface area contributed by atoms with Gasteiger partial charge >= 0.3 is 0 Å². The molecule has 0 bridgehead atoms. The monoisotopic (exact) mass is 147 g/mol. The van der Waals surface area contributed by atoms with Crippen molar-refractivity contribution in [2.24, 2.45) is 0 Å². The van der Waals surface area contributed by atoms with Crippen LogP contribution in [0.25, 0.3) is 0 Å². The lowest BCUT2D eigenvalue weighted by Crippen LogP contribution is -2.31. The van der Waals surface area contributed by atoms with Gasteiger partial charge in [0.25, 0.3) is 0 Å². The lowest BCUT2D eigenvalue weighted by atomic mass is 10.8. The Morgan fingerprint density at radius 2 is 2.25 bits per heavy atom. The third-order valence-electron chi connectivity index (χ3n) is 1.27. The molecule has 0 amide bonds. The smallest absolute Gasteiger partial charge is 0.102 e. The molecule has 1 atom stereocenters. The van der Waals surface area contributed by atoms with E-state index in [1.165, 1.54) is 6.54 Å². The van der Waals surface area contributed by atoms with Crippen molar-refractivity contribution in [3.8, 4) is 0 Å². The molecule has 8 heavy (non-hydrogen) atoms. The van der Waals surface area contributed by atoms with Crippen molar-refractivity contribution in [3.05, 3.63) is 0 Å². The van der Waals surface area contributed by atoms with Gasteiger partial charge in [0.1, 0.15) is 8.96 Å². The molecule has 0 aliphatic heterocycles. The van der Waals surface area contributed by atoms with Crippen LogP contribution < -0.4 is 4.98 Å². The summed E-state index contributed by atoms with van der Waals surface area (Å²) in [5, 5.41) is 0. The lowest BCUT2D eigenvalue weighted by Gasteiger charge is -2.06. The largest absolute Gasteiger partial charge is 0.340 e. The molecular weight excluding hydrogens is 130 g/mol. The van der Waals surface area contributed by atoms with Crippen LogP contribution in [0, 0.1) is 0 Å². The number of nitrogens with one attached hydrogen (secondary N) is 1. The van der Waals surface area contributed by atoms with E-state index in [9.17, 15) is 0 Å². The maximum absolute atomic E-state index is 3.52. The average molecular weight is 147 g/mol. The second kappa shape index (κ2) is 5.53. The molecule has 0 spiro atoms. The average Bonchev–Trinajstić information content (AvgIpc) is 1.68. The van der Waals surface area contributed by atoms with E-state index >= 15 is 0 Å². The van der Waals surface area contributed by atoms with Crippen LogP contribution in [0.15, 0.2) is 0 Å². The molecule has 1 unspecified atom stereocenters. The van der Waals surface area contributed by atoms with Crippen LogP contribution in [0.5, 0.6) is 0 Å². The topological polar surface area (TPSA) is 12.0 Å². The summed E-state index contributed by atoms with van der Waals surface area (Å²) in [6, 6.07) is 0. The normalized spacial score (nSPS) is 15.4. The molecule has 0 aromatic heterocycles. The fourth-order valence-electron chi connectivity index (χ4n) is 0.884. The van der Waals surface area contributed by atoms with Crippen LogP contribution in [0.3, 0.4) is 0 Å². The SMILES string of the molecule is CCN[SiH](C)C[SiH2]C. The van der Waals surface area contributed by atoms with E-state index < -0.39 is 8.96 Å². The van der Waals surface area contributed by atoms with Crippen molar-refractivity contribution in [2.45, 2.75) is 25.7 Å². The van der Waals surface area contributed by atoms with Gasteiger partial charge in [-0.3, -0.25) is 0 Å². The first-order valence-electron chi connectivity index (χ1n) is 3.54. The van der Waals surface area contributed by atoms with Gasteiger partial charge < -0.3 is 4.98 Å². The van der Waals surface area contributed by atoms with E-state index in [2.05, 4.69) is 25.0 Å². The molecule has 1 nitrogen and oxygen atoms in total. The lowest BCUT2D eigenvalue weighted by molar-refractivity contribution is 0.986. The summed E-state index contributed by atoms with van der Waals surface area (Å²) < 4.78 is 0. The second-order valence-electron chi connectivity index (χ2n) is 2.25. The van der Waals surface area contributed by atoms with Crippen molar-refractivity contribution in [2.75, 3.05) is 6.54 Å². The summed E-state index contributed by atoms with van der Waals surface area (Å²) in [7, 11) is -0.0450. The third-order valence-corrected chi connectivity index (χ3v) is 8.15. The molecule has 0 radical (unpaired) electrons. The highest BCUT2D eigenvalue weighted by Crippen LogP contribution is 1.82. The van der Waals surface area contributed by atoms with Gasteiger partial charge in [0.2, 0.25) is 0 Å². The first-order valence-corrected chi connectivity index (χ1v) is 8.50. The Kier molecular flexibility index (Phi) is 5.80. The van der Waals surface area contributed by atoms with Crippen molar-refractivity contribution >= 4 is 18.5 Å². The highest BCUT2D eigenvalue weighted by Gasteiger charge is 1.97. The summed E-state index contributed by atoms with van der Waals surface area (Å²) >= 11 is 0. The highest BCUT2D eigenvalue weighted by molar-refractivity contribution is 6.66. The molecule has 1 N–H and O–H groups in total. The Morgan fingerprint density at radius 1 is 1.62 bits per heavy atom. The molecule has 0 saturated carbocycles. The summed E-state index contributed by atoms with van der Waals surface area (Å²) in [4.78, 5) is 3.52. The molecule has 0 aromatic rings. The minimum atomic E-state index is -0.390.